The lowest BCUT2D eigenvalue weighted by Crippen LogP contribution is -2.31. The first-order chi connectivity index (χ1) is 9.17. The quantitative estimate of drug-likeness (QED) is 0.656. The lowest BCUT2D eigenvalue weighted by atomic mass is 10.2. The molecule has 4 heteroatoms. The molecule has 0 aliphatic heterocycles. The number of benzene rings is 1. The highest BCUT2D eigenvalue weighted by Gasteiger charge is 2.24. The molecule has 0 heterocycles. The van der Waals surface area contributed by atoms with Crippen LogP contribution in [0, 0.1) is 0 Å². The second-order valence-corrected chi connectivity index (χ2v) is 6.02. The number of nitrogens with one attached hydrogen (secondary N) is 1. The lowest BCUT2D eigenvalue weighted by molar-refractivity contribution is -0.117. The Kier molecular flexibility index (Phi) is 4.91. The first kappa shape index (κ1) is 14.0. The van der Waals surface area contributed by atoms with E-state index in [4.69, 9.17) is 5.73 Å². The topological polar surface area (TPSA) is 55.1 Å². The van der Waals surface area contributed by atoms with Crippen LogP contribution in [0.4, 0.5) is 5.69 Å². The lowest BCUT2D eigenvalue weighted by Gasteiger charge is -2.10. The molecule has 1 aromatic rings. The number of amides is 1. The molecule has 2 atom stereocenters. The molecular formula is C15H20N2OS. The second kappa shape index (κ2) is 6.66. The molecule has 1 aliphatic carbocycles. The zero-order valence-electron chi connectivity index (χ0n) is 11.1. The molecule has 2 rings (SSSR count). The van der Waals surface area contributed by atoms with Crippen LogP contribution in [0.5, 0.6) is 0 Å². The van der Waals surface area contributed by atoms with Crippen LogP contribution in [0.15, 0.2) is 30.3 Å². The smallest absolute Gasteiger partial charge is 0.244 e. The van der Waals surface area contributed by atoms with E-state index in [1.165, 1.54) is 6.42 Å². The second-order valence-electron chi connectivity index (χ2n) is 4.88. The molecule has 2 unspecified atom stereocenters. The SMILES string of the molecule is CSC1CCC(NC(=O)/C=C/c2cccc(N)c2)C1. The molecule has 3 N–H and O–H groups in total. The van der Waals surface area contributed by atoms with E-state index in [1.54, 1.807) is 12.2 Å². The third-order valence-corrected chi connectivity index (χ3v) is 4.50. The maximum absolute atomic E-state index is 11.8. The molecule has 1 fully saturated rings. The van der Waals surface area contributed by atoms with Crippen LogP contribution >= 0.6 is 11.8 Å². The monoisotopic (exact) mass is 276 g/mol. The number of thioether (sulfide) groups is 1. The van der Waals surface area contributed by atoms with Crippen molar-refractivity contribution in [3.05, 3.63) is 35.9 Å². The van der Waals surface area contributed by atoms with Crippen molar-refractivity contribution < 1.29 is 4.79 Å². The molecule has 0 spiro atoms. The number of nitrogens with two attached hydrogens (primary N) is 1. The van der Waals surface area contributed by atoms with Crippen molar-refractivity contribution in [3.8, 4) is 0 Å². The van der Waals surface area contributed by atoms with Gasteiger partial charge in [0.2, 0.25) is 5.91 Å². The van der Waals surface area contributed by atoms with Gasteiger partial charge in [-0.25, -0.2) is 0 Å². The van der Waals surface area contributed by atoms with Crippen LogP contribution in [0.25, 0.3) is 6.08 Å². The summed E-state index contributed by atoms with van der Waals surface area (Å²) in [5.74, 6) is -0.0193. The van der Waals surface area contributed by atoms with Crippen LogP contribution in [0.3, 0.4) is 0 Å². The predicted molar refractivity (Wildman–Crippen MR) is 83.0 cm³/mol. The minimum absolute atomic E-state index is 0.0193. The van der Waals surface area contributed by atoms with Crippen molar-refractivity contribution in [1.82, 2.24) is 5.32 Å². The molecule has 3 nitrogen and oxygen atoms in total. The molecule has 1 aromatic carbocycles. The molecule has 0 radical (unpaired) electrons. The summed E-state index contributed by atoms with van der Waals surface area (Å²) < 4.78 is 0. The zero-order chi connectivity index (χ0) is 13.7. The summed E-state index contributed by atoms with van der Waals surface area (Å²) in [6.07, 6.45) is 8.88. The largest absolute Gasteiger partial charge is 0.399 e. The summed E-state index contributed by atoms with van der Waals surface area (Å²) in [6, 6.07) is 7.82. The number of carbonyl (C=O) groups excluding carboxylic acids is 1. The van der Waals surface area contributed by atoms with Crippen LogP contribution < -0.4 is 11.1 Å². The van der Waals surface area contributed by atoms with Gasteiger partial charge < -0.3 is 11.1 Å². The summed E-state index contributed by atoms with van der Waals surface area (Å²) in [5, 5.41) is 3.76. The summed E-state index contributed by atoms with van der Waals surface area (Å²) >= 11 is 1.89. The van der Waals surface area contributed by atoms with E-state index in [-0.39, 0.29) is 5.91 Å². The number of anilines is 1. The Labute approximate surface area is 118 Å². The maximum atomic E-state index is 11.8. The Morgan fingerprint density at radius 2 is 2.32 bits per heavy atom. The average Bonchev–Trinajstić information content (AvgIpc) is 2.84. The van der Waals surface area contributed by atoms with Crippen molar-refractivity contribution in [3.63, 3.8) is 0 Å². The highest BCUT2D eigenvalue weighted by Crippen LogP contribution is 2.28. The van der Waals surface area contributed by atoms with E-state index in [0.29, 0.717) is 17.0 Å². The van der Waals surface area contributed by atoms with Gasteiger partial charge in [0, 0.05) is 23.1 Å². The minimum Gasteiger partial charge on any atom is -0.399 e. The van der Waals surface area contributed by atoms with Crippen molar-refractivity contribution in [2.24, 2.45) is 0 Å². The third-order valence-electron chi connectivity index (χ3n) is 3.40. The van der Waals surface area contributed by atoms with Crippen LogP contribution in [-0.4, -0.2) is 23.5 Å². The van der Waals surface area contributed by atoms with Gasteiger partial charge in [-0.2, -0.15) is 11.8 Å². The zero-order valence-corrected chi connectivity index (χ0v) is 12.0. The first-order valence-corrected chi connectivity index (χ1v) is 7.83. The van der Waals surface area contributed by atoms with Gasteiger partial charge in [-0.15, -0.1) is 0 Å². The van der Waals surface area contributed by atoms with Gasteiger partial charge in [-0.05, 0) is 49.3 Å². The van der Waals surface area contributed by atoms with Crippen molar-refractivity contribution in [1.29, 1.82) is 0 Å². The predicted octanol–water partition coefficient (Wildman–Crippen LogP) is 2.68. The normalized spacial score (nSPS) is 22.8. The van der Waals surface area contributed by atoms with E-state index in [1.807, 2.05) is 36.0 Å². The Morgan fingerprint density at radius 3 is 3.00 bits per heavy atom. The molecular weight excluding hydrogens is 256 g/mol. The van der Waals surface area contributed by atoms with Crippen LogP contribution in [0.1, 0.15) is 24.8 Å². The van der Waals surface area contributed by atoms with Crippen molar-refractivity contribution in [2.75, 3.05) is 12.0 Å². The Bertz CT molecular complexity index is 473. The molecule has 1 saturated carbocycles. The van der Waals surface area contributed by atoms with E-state index in [0.717, 1.165) is 18.4 Å². The Balaban J connectivity index is 1.84. The van der Waals surface area contributed by atoms with Crippen LogP contribution in [0.2, 0.25) is 0 Å². The molecule has 102 valence electrons. The summed E-state index contributed by atoms with van der Waals surface area (Å²) in [4.78, 5) is 11.8. The molecule has 1 amide bonds. The van der Waals surface area contributed by atoms with Crippen molar-refractivity contribution in [2.45, 2.75) is 30.6 Å². The van der Waals surface area contributed by atoms with Gasteiger partial charge >= 0.3 is 0 Å². The Hall–Kier alpha value is -1.42. The third kappa shape index (κ3) is 4.31. The van der Waals surface area contributed by atoms with E-state index in [9.17, 15) is 4.79 Å². The highest BCUT2D eigenvalue weighted by atomic mass is 32.2. The number of rotatable bonds is 4. The first-order valence-electron chi connectivity index (χ1n) is 6.54. The minimum atomic E-state index is -0.0193. The average molecular weight is 276 g/mol. The van der Waals surface area contributed by atoms with Crippen LogP contribution in [-0.2, 0) is 4.79 Å². The number of hydrogen-bond donors (Lipinski definition) is 2. The molecule has 1 aliphatic rings. The molecule has 0 aromatic heterocycles. The number of carbonyl (C=O) groups is 1. The summed E-state index contributed by atoms with van der Waals surface area (Å²) in [7, 11) is 0. The van der Waals surface area contributed by atoms with Gasteiger partial charge in [-0.3, -0.25) is 4.79 Å². The fourth-order valence-electron chi connectivity index (χ4n) is 2.37. The van der Waals surface area contributed by atoms with Gasteiger partial charge in [0.05, 0.1) is 0 Å². The summed E-state index contributed by atoms with van der Waals surface area (Å²) in [5.41, 5.74) is 7.35. The number of nitrogen functional groups attached to an aromatic ring is 1. The van der Waals surface area contributed by atoms with Gasteiger partial charge in [0.25, 0.3) is 0 Å². The maximum Gasteiger partial charge on any atom is 0.244 e. The summed E-state index contributed by atoms with van der Waals surface area (Å²) in [6.45, 7) is 0. The van der Waals surface area contributed by atoms with E-state index >= 15 is 0 Å². The van der Waals surface area contributed by atoms with Gasteiger partial charge in [0.15, 0.2) is 0 Å². The Morgan fingerprint density at radius 1 is 1.47 bits per heavy atom. The van der Waals surface area contributed by atoms with Gasteiger partial charge in [0.1, 0.15) is 0 Å². The van der Waals surface area contributed by atoms with Crippen molar-refractivity contribution >= 4 is 29.4 Å². The highest BCUT2D eigenvalue weighted by molar-refractivity contribution is 7.99. The van der Waals surface area contributed by atoms with E-state index < -0.39 is 0 Å². The molecule has 0 bridgehead atoms. The van der Waals surface area contributed by atoms with Gasteiger partial charge in [-0.1, -0.05) is 12.1 Å². The standard InChI is InChI=1S/C15H20N2OS/c1-19-14-7-6-13(10-14)17-15(18)8-5-11-3-2-4-12(16)9-11/h2-5,8-9,13-14H,6-7,10,16H2,1H3,(H,17,18)/b8-5+. The molecule has 19 heavy (non-hydrogen) atoms. The fourth-order valence-corrected chi connectivity index (χ4v) is 3.17. The number of hydrogen-bond acceptors (Lipinski definition) is 3. The van der Waals surface area contributed by atoms with E-state index in [2.05, 4.69) is 11.6 Å². The molecule has 0 saturated heterocycles. The fraction of sp³-hybridized carbons (Fsp3) is 0.400.